The lowest BCUT2D eigenvalue weighted by Gasteiger charge is -2.34. The molecule has 26 heavy (non-hydrogen) atoms. The van der Waals surface area contributed by atoms with Gasteiger partial charge in [-0.2, -0.15) is 0 Å². The molecule has 0 saturated carbocycles. The Kier molecular flexibility index (Phi) is 3.39. The van der Waals surface area contributed by atoms with Crippen LogP contribution in [0.3, 0.4) is 0 Å². The van der Waals surface area contributed by atoms with Crippen molar-refractivity contribution >= 4 is 11.8 Å². The standard InChI is InChI=1S/C20H20N2O4/c1-11(2)12-8-9-15-16(10-12)26-20(25)14-7-5-4-6-13(14)17(23)19(15,20)22-18(24)21-3/h4-11,25H,1-3H3,(H2,21,22,24)/t19-,20-/m0/s1. The fourth-order valence-electron chi connectivity index (χ4n) is 3.86. The lowest BCUT2D eigenvalue weighted by atomic mass is 9.82. The zero-order valence-electron chi connectivity index (χ0n) is 14.8. The van der Waals surface area contributed by atoms with Gasteiger partial charge in [0, 0.05) is 23.7 Å². The molecule has 2 aromatic rings. The third kappa shape index (κ3) is 1.85. The lowest BCUT2D eigenvalue weighted by molar-refractivity contribution is -0.168. The number of aliphatic hydroxyl groups is 1. The van der Waals surface area contributed by atoms with E-state index in [1.165, 1.54) is 7.05 Å². The van der Waals surface area contributed by atoms with Crippen LogP contribution in [0.5, 0.6) is 5.75 Å². The molecule has 2 aliphatic rings. The lowest BCUT2D eigenvalue weighted by Crippen LogP contribution is -2.61. The molecule has 0 saturated heterocycles. The van der Waals surface area contributed by atoms with Crippen LogP contribution < -0.4 is 15.4 Å². The molecule has 2 aromatic carbocycles. The predicted molar refractivity (Wildman–Crippen MR) is 95.1 cm³/mol. The van der Waals surface area contributed by atoms with E-state index in [4.69, 9.17) is 4.74 Å². The van der Waals surface area contributed by atoms with Gasteiger partial charge in [-0.25, -0.2) is 4.79 Å². The van der Waals surface area contributed by atoms with Crippen LogP contribution in [0.2, 0.25) is 0 Å². The molecule has 0 radical (unpaired) electrons. The van der Waals surface area contributed by atoms with Crippen molar-refractivity contribution in [3.05, 3.63) is 64.7 Å². The summed E-state index contributed by atoms with van der Waals surface area (Å²) in [6, 6.07) is 11.6. The fraction of sp³-hybridized carbons (Fsp3) is 0.300. The number of carbonyl (C=O) groups is 2. The predicted octanol–water partition coefficient (Wildman–Crippen LogP) is 2.37. The van der Waals surface area contributed by atoms with Gasteiger partial charge in [0.1, 0.15) is 5.75 Å². The monoisotopic (exact) mass is 352 g/mol. The first kappa shape index (κ1) is 16.6. The molecule has 3 N–H and O–H groups in total. The van der Waals surface area contributed by atoms with Crippen molar-refractivity contribution in [1.29, 1.82) is 0 Å². The van der Waals surface area contributed by atoms with Crippen LogP contribution in [-0.4, -0.2) is 24.0 Å². The van der Waals surface area contributed by atoms with Gasteiger partial charge in [-0.3, -0.25) is 4.79 Å². The van der Waals surface area contributed by atoms with E-state index in [-0.39, 0.29) is 5.92 Å². The SMILES string of the molecule is CNC(=O)N[C@@]12C(=O)c3ccccc3[C@]1(O)Oc1cc(C(C)C)ccc12. The Hall–Kier alpha value is -2.86. The average molecular weight is 352 g/mol. The molecule has 0 aromatic heterocycles. The van der Waals surface area contributed by atoms with Crippen LogP contribution in [0.4, 0.5) is 4.79 Å². The van der Waals surface area contributed by atoms with E-state index < -0.39 is 23.1 Å². The zero-order valence-corrected chi connectivity index (χ0v) is 14.8. The van der Waals surface area contributed by atoms with Crippen molar-refractivity contribution < 1.29 is 19.4 Å². The summed E-state index contributed by atoms with van der Waals surface area (Å²) in [5, 5.41) is 16.6. The summed E-state index contributed by atoms with van der Waals surface area (Å²) in [6.45, 7) is 4.09. The maximum Gasteiger partial charge on any atom is 0.315 e. The number of hydrogen-bond donors (Lipinski definition) is 3. The number of benzene rings is 2. The number of ketones is 1. The van der Waals surface area contributed by atoms with Gasteiger partial charge in [-0.15, -0.1) is 0 Å². The van der Waals surface area contributed by atoms with E-state index in [1.54, 1.807) is 30.3 Å². The number of hydrogen-bond acceptors (Lipinski definition) is 4. The summed E-state index contributed by atoms with van der Waals surface area (Å²) in [5.41, 5.74) is 0.438. The minimum Gasteiger partial charge on any atom is -0.454 e. The first-order valence-corrected chi connectivity index (χ1v) is 8.55. The summed E-state index contributed by atoms with van der Waals surface area (Å²) < 4.78 is 5.95. The van der Waals surface area contributed by atoms with E-state index >= 15 is 0 Å². The van der Waals surface area contributed by atoms with Crippen LogP contribution in [0.15, 0.2) is 42.5 Å². The van der Waals surface area contributed by atoms with E-state index in [0.29, 0.717) is 22.4 Å². The van der Waals surface area contributed by atoms with Gasteiger partial charge >= 0.3 is 6.03 Å². The average Bonchev–Trinajstić information content (AvgIpc) is 2.99. The van der Waals surface area contributed by atoms with E-state index in [0.717, 1.165) is 5.56 Å². The van der Waals surface area contributed by atoms with Crippen LogP contribution >= 0.6 is 0 Å². The molecule has 4 rings (SSSR count). The quantitative estimate of drug-likeness (QED) is 0.774. The van der Waals surface area contributed by atoms with Gasteiger partial charge in [0.25, 0.3) is 5.79 Å². The molecular weight excluding hydrogens is 332 g/mol. The third-order valence-electron chi connectivity index (χ3n) is 5.25. The highest BCUT2D eigenvalue weighted by atomic mass is 16.6. The largest absolute Gasteiger partial charge is 0.454 e. The molecule has 6 heteroatoms. The smallest absolute Gasteiger partial charge is 0.315 e. The van der Waals surface area contributed by atoms with E-state index in [1.807, 2.05) is 26.0 Å². The van der Waals surface area contributed by atoms with Gasteiger partial charge in [-0.1, -0.05) is 50.2 Å². The second kappa shape index (κ2) is 5.32. The molecule has 0 unspecified atom stereocenters. The summed E-state index contributed by atoms with van der Waals surface area (Å²) in [5.74, 6) is -1.73. The normalized spacial score (nSPS) is 25.3. The molecule has 1 heterocycles. The van der Waals surface area contributed by atoms with Crippen molar-refractivity contribution in [1.82, 2.24) is 10.6 Å². The topological polar surface area (TPSA) is 87.7 Å². The summed E-state index contributed by atoms with van der Waals surface area (Å²) >= 11 is 0. The van der Waals surface area contributed by atoms with Crippen LogP contribution in [-0.2, 0) is 11.3 Å². The van der Waals surface area contributed by atoms with Crippen LogP contribution in [0, 0.1) is 0 Å². The Labute approximate surface area is 151 Å². The van der Waals surface area contributed by atoms with Gasteiger partial charge in [0.05, 0.1) is 0 Å². The first-order chi connectivity index (χ1) is 12.3. The van der Waals surface area contributed by atoms with Crippen molar-refractivity contribution in [2.75, 3.05) is 7.05 Å². The molecule has 0 spiro atoms. The number of ether oxygens (including phenoxy) is 1. The second-order valence-electron chi connectivity index (χ2n) is 6.99. The van der Waals surface area contributed by atoms with Gasteiger partial charge in [0.2, 0.25) is 11.3 Å². The Balaban J connectivity index is 1.99. The van der Waals surface area contributed by atoms with Crippen molar-refractivity contribution in [3.8, 4) is 5.75 Å². The highest BCUT2D eigenvalue weighted by Crippen LogP contribution is 2.58. The molecule has 0 fully saturated rings. The minimum atomic E-state index is -1.99. The van der Waals surface area contributed by atoms with Gasteiger partial charge < -0.3 is 20.5 Å². The maximum atomic E-state index is 13.4. The van der Waals surface area contributed by atoms with E-state index in [9.17, 15) is 14.7 Å². The number of Topliss-reactive ketones (excluding diaryl/α,β-unsaturated/α-hetero) is 1. The number of nitrogens with one attached hydrogen (secondary N) is 2. The number of rotatable bonds is 2. The van der Waals surface area contributed by atoms with Gasteiger partial charge in [-0.05, 0) is 17.5 Å². The molecule has 1 aliphatic carbocycles. The molecule has 6 nitrogen and oxygen atoms in total. The van der Waals surface area contributed by atoms with Crippen molar-refractivity contribution in [2.45, 2.75) is 31.1 Å². The van der Waals surface area contributed by atoms with E-state index in [2.05, 4.69) is 10.6 Å². The van der Waals surface area contributed by atoms with Crippen LogP contribution in [0.25, 0.3) is 0 Å². The number of urea groups is 1. The molecular formula is C20H20N2O4. The first-order valence-electron chi connectivity index (χ1n) is 8.55. The summed E-state index contributed by atoms with van der Waals surface area (Å²) in [6.07, 6.45) is 0. The zero-order chi connectivity index (χ0) is 18.7. The fourth-order valence-corrected chi connectivity index (χ4v) is 3.86. The van der Waals surface area contributed by atoms with Crippen LogP contribution in [0.1, 0.15) is 46.8 Å². The van der Waals surface area contributed by atoms with Crippen molar-refractivity contribution in [3.63, 3.8) is 0 Å². The van der Waals surface area contributed by atoms with Crippen molar-refractivity contribution in [2.24, 2.45) is 0 Å². The maximum absolute atomic E-state index is 13.4. The molecule has 2 atom stereocenters. The highest BCUT2D eigenvalue weighted by Gasteiger charge is 2.71. The highest BCUT2D eigenvalue weighted by molar-refractivity contribution is 6.12. The Morgan fingerprint density at radius 1 is 1.15 bits per heavy atom. The Bertz CT molecular complexity index is 939. The number of carbonyl (C=O) groups excluding carboxylic acids is 2. The number of amides is 2. The third-order valence-corrected chi connectivity index (χ3v) is 5.25. The summed E-state index contributed by atoms with van der Waals surface area (Å²) in [7, 11) is 1.45. The minimum absolute atomic E-state index is 0.254. The summed E-state index contributed by atoms with van der Waals surface area (Å²) in [4.78, 5) is 25.5. The number of fused-ring (bicyclic) bond motifs is 5. The van der Waals surface area contributed by atoms with Gasteiger partial charge in [0.15, 0.2) is 0 Å². The molecule has 134 valence electrons. The second-order valence-corrected chi connectivity index (χ2v) is 6.99. The molecule has 1 aliphatic heterocycles. The molecule has 0 bridgehead atoms. The Morgan fingerprint density at radius 3 is 2.58 bits per heavy atom. The Morgan fingerprint density at radius 2 is 1.88 bits per heavy atom. The molecule has 2 amide bonds.